The maximum atomic E-state index is 6.08. The first-order chi connectivity index (χ1) is 9.63. The van der Waals surface area contributed by atoms with Crippen molar-refractivity contribution in [2.75, 3.05) is 5.73 Å². The zero-order valence-electron chi connectivity index (χ0n) is 10.3. The Hall–Kier alpha value is -1.55. The number of nitrogens with zero attached hydrogens (tertiary/aromatic N) is 1. The van der Waals surface area contributed by atoms with E-state index in [1.165, 1.54) is 11.3 Å². The lowest BCUT2D eigenvalue weighted by Crippen LogP contribution is -1.85. The molecule has 1 aromatic heterocycles. The van der Waals surface area contributed by atoms with Gasteiger partial charge in [0.05, 0.1) is 10.6 Å². The molecular weight excluding hydrogens is 311 g/mol. The van der Waals surface area contributed by atoms with Gasteiger partial charge in [0, 0.05) is 16.3 Å². The van der Waals surface area contributed by atoms with E-state index in [9.17, 15) is 0 Å². The Morgan fingerprint density at radius 1 is 0.850 bits per heavy atom. The quantitative estimate of drug-likeness (QED) is 0.645. The first-order valence-corrected chi connectivity index (χ1v) is 7.49. The summed E-state index contributed by atoms with van der Waals surface area (Å²) in [5, 5.41) is 0.707. The highest BCUT2D eigenvalue weighted by atomic mass is 35.5. The van der Waals surface area contributed by atoms with Crippen molar-refractivity contribution in [2.24, 2.45) is 0 Å². The van der Waals surface area contributed by atoms with Crippen molar-refractivity contribution in [2.45, 2.75) is 0 Å². The summed E-state index contributed by atoms with van der Waals surface area (Å²) in [4.78, 5) is 5.44. The van der Waals surface area contributed by atoms with E-state index < -0.39 is 0 Å². The molecule has 0 aliphatic heterocycles. The third kappa shape index (κ3) is 2.66. The predicted molar refractivity (Wildman–Crippen MR) is 87.4 cm³/mol. The van der Waals surface area contributed by atoms with Crippen LogP contribution in [-0.2, 0) is 0 Å². The van der Waals surface area contributed by atoms with Gasteiger partial charge in [0.25, 0.3) is 0 Å². The number of hydrogen-bond donors (Lipinski definition) is 1. The fraction of sp³-hybridized carbons (Fsp3) is 0. The van der Waals surface area contributed by atoms with Crippen molar-refractivity contribution in [3.63, 3.8) is 0 Å². The summed E-state index contributed by atoms with van der Waals surface area (Å²) < 4.78 is 0.516. The fourth-order valence-corrected chi connectivity index (χ4v) is 3.19. The number of hydrogen-bond acceptors (Lipinski definition) is 3. The van der Waals surface area contributed by atoms with E-state index in [-0.39, 0.29) is 0 Å². The Balaban J connectivity index is 2.12. The first-order valence-electron chi connectivity index (χ1n) is 5.91. The van der Waals surface area contributed by atoms with Crippen LogP contribution in [0.5, 0.6) is 0 Å². The molecule has 0 spiro atoms. The molecule has 100 valence electrons. The number of thiazole rings is 1. The molecule has 0 bridgehead atoms. The van der Waals surface area contributed by atoms with Gasteiger partial charge in [0.15, 0.2) is 4.47 Å². The Labute approximate surface area is 130 Å². The third-order valence-corrected chi connectivity index (χ3v) is 4.35. The zero-order chi connectivity index (χ0) is 14.1. The van der Waals surface area contributed by atoms with E-state index in [4.69, 9.17) is 28.9 Å². The van der Waals surface area contributed by atoms with Crippen LogP contribution in [0.3, 0.4) is 0 Å². The van der Waals surface area contributed by atoms with Crippen molar-refractivity contribution in [1.82, 2.24) is 4.98 Å². The Morgan fingerprint density at radius 3 is 2.10 bits per heavy atom. The second-order valence-electron chi connectivity index (χ2n) is 4.27. The number of benzene rings is 2. The van der Waals surface area contributed by atoms with Gasteiger partial charge in [0.2, 0.25) is 0 Å². The number of nitrogens with two attached hydrogens (primary N) is 1. The summed E-state index contributed by atoms with van der Waals surface area (Å²) >= 11 is 13.5. The summed E-state index contributed by atoms with van der Waals surface area (Å²) in [6.07, 6.45) is 0. The average Bonchev–Trinajstić information content (AvgIpc) is 2.82. The first kappa shape index (κ1) is 13.4. The zero-order valence-corrected chi connectivity index (χ0v) is 12.6. The van der Waals surface area contributed by atoms with E-state index in [0.29, 0.717) is 9.49 Å². The third-order valence-electron chi connectivity index (χ3n) is 2.89. The minimum atomic E-state index is 0.516. The average molecular weight is 321 g/mol. The van der Waals surface area contributed by atoms with E-state index >= 15 is 0 Å². The van der Waals surface area contributed by atoms with Crippen molar-refractivity contribution in [1.29, 1.82) is 0 Å². The Kier molecular flexibility index (Phi) is 3.66. The molecule has 2 nitrogen and oxygen atoms in total. The van der Waals surface area contributed by atoms with E-state index in [0.717, 1.165) is 27.4 Å². The molecule has 0 aliphatic rings. The van der Waals surface area contributed by atoms with Gasteiger partial charge in [-0.25, -0.2) is 4.98 Å². The lowest BCUT2D eigenvalue weighted by Gasteiger charge is -2.03. The smallest absolute Gasteiger partial charge is 0.184 e. The summed E-state index contributed by atoms with van der Waals surface area (Å²) in [7, 11) is 0. The van der Waals surface area contributed by atoms with Gasteiger partial charge in [-0.15, -0.1) is 11.3 Å². The molecule has 0 amide bonds. The minimum absolute atomic E-state index is 0.516. The minimum Gasteiger partial charge on any atom is -0.399 e. The van der Waals surface area contributed by atoms with Gasteiger partial charge in [-0.1, -0.05) is 47.5 Å². The highest BCUT2D eigenvalue weighted by molar-refractivity contribution is 7.19. The van der Waals surface area contributed by atoms with Gasteiger partial charge in [-0.2, -0.15) is 0 Å². The molecule has 20 heavy (non-hydrogen) atoms. The molecule has 1 heterocycles. The Bertz CT molecular complexity index is 671. The molecule has 3 rings (SSSR count). The van der Waals surface area contributed by atoms with Gasteiger partial charge in [-0.3, -0.25) is 0 Å². The summed E-state index contributed by atoms with van der Waals surface area (Å²) in [5.41, 5.74) is 9.35. The molecule has 0 radical (unpaired) electrons. The number of rotatable bonds is 2. The standard InChI is InChI=1S/C15H10Cl2N2S/c16-11-5-1-10(2-6-11)14-13(19-15(17)20-14)9-3-7-12(18)8-4-9/h1-8H,18H2. The lowest BCUT2D eigenvalue weighted by atomic mass is 10.1. The molecule has 3 aromatic rings. The molecule has 2 aromatic carbocycles. The van der Waals surface area contributed by atoms with Crippen LogP contribution in [0.2, 0.25) is 9.49 Å². The molecule has 2 N–H and O–H groups in total. The van der Waals surface area contributed by atoms with E-state index in [1.807, 2.05) is 48.5 Å². The second-order valence-corrected chi connectivity index (χ2v) is 6.29. The van der Waals surface area contributed by atoms with Crippen LogP contribution < -0.4 is 5.73 Å². The Morgan fingerprint density at radius 2 is 1.45 bits per heavy atom. The van der Waals surface area contributed by atoms with Crippen molar-refractivity contribution in [3.05, 3.63) is 58.0 Å². The van der Waals surface area contributed by atoms with Gasteiger partial charge in [-0.05, 0) is 29.8 Å². The van der Waals surface area contributed by atoms with Crippen LogP contribution in [-0.4, -0.2) is 4.98 Å². The van der Waals surface area contributed by atoms with Gasteiger partial charge in [0.1, 0.15) is 0 Å². The van der Waals surface area contributed by atoms with Crippen LogP contribution in [0.4, 0.5) is 5.69 Å². The van der Waals surface area contributed by atoms with Crippen LogP contribution in [0, 0.1) is 0 Å². The van der Waals surface area contributed by atoms with Crippen molar-refractivity contribution >= 4 is 40.2 Å². The monoisotopic (exact) mass is 320 g/mol. The maximum Gasteiger partial charge on any atom is 0.184 e. The van der Waals surface area contributed by atoms with Gasteiger partial charge < -0.3 is 5.73 Å². The van der Waals surface area contributed by atoms with Crippen molar-refractivity contribution in [3.8, 4) is 21.7 Å². The summed E-state index contributed by atoms with van der Waals surface area (Å²) in [5.74, 6) is 0. The predicted octanol–water partition coefficient (Wildman–Crippen LogP) is 5.37. The number of nitrogen functional groups attached to an aromatic ring is 1. The van der Waals surface area contributed by atoms with Crippen LogP contribution in [0.1, 0.15) is 0 Å². The molecule has 0 unspecified atom stereocenters. The van der Waals surface area contributed by atoms with Crippen LogP contribution in [0.15, 0.2) is 48.5 Å². The van der Waals surface area contributed by atoms with Gasteiger partial charge >= 0.3 is 0 Å². The maximum absolute atomic E-state index is 6.08. The highest BCUT2D eigenvalue weighted by Crippen LogP contribution is 2.39. The molecule has 0 fully saturated rings. The summed E-state index contributed by atoms with van der Waals surface area (Å²) in [6.45, 7) is 0. The van der Waals surface area contributed by atoms with Crippen molar-refractivity contribution < 1.29 is 0 Å². The molecule has 0 aliphatic carbocycles. The fourth-order valence-electron chi connectivity index (χ4n) is 1.93. The molecule has 0 saturated carbocycles. The van der Waals surface area contributed by atoms with E-state index in [2.05, 4.69) is 4.98 Å². The van der Waals surface area contributed by atoms with Crippen LogP contribution >= 0.6 is 34.5 Å². The van der Waals surface area contributed by atoms with Crippen LogP contribution in [0.25, 0.3) is 21.7 Å². The second kappa shape index (κ2) is 5.44. The number of anilines is 1. The SMILES string of the molecule is Nc1ccc(-c2nc(Cl)sc2-c2ccc(Cl)cc2)cc1. The largest absolute Gasteiger partial charge is 0.399 e. The molecule has 0 atom stereocenters. The molecule has 0 saturated heterocycles. The summed E-state index contributed by atoms with van der Waals surface area (Å²) in [6, 6.07) is 15.2. The highest BCUT2D eigenvalue weighted by Gasteiger charge is 2.13. The lowest BCUT2D eigenvalue weighted by molar-refractivity contribution is 1.41. The molecular formula is C15H10Cl2N2S. The number of aromatic nitrogens is 1. The molecule has 5 heteroatoms. The topological polar surface area (TPSA) is 38.9 Å². The van der Waals surface area contributed by atoms with E-state index in [1.54, 1.807) is 0 Å². The normalized spacial score (nSPS) is 10.7. The number of halogens is 2.